The molecule has 1 N–H and O–H groups in total. The zero-order valence-corrected chi connectivity index (χ0v) is 15.2. The summed E-state index contributed by atoms with van der Waals surface area (Å²) in [5, 5.41) is 3.51. The molecule has 5 fully saturated rings. The van der Waals surface area contributed by atoms with Gasteiger partial charge in [-0.1, -0.05) is 13.8 Å². The number of nitrogens with zero attached hydrogens (tertiary/aromatic N) is 1. The van der Waals surface area contributed by atoms with Crippen molar-refractivity contribution in [2.45, 2.75) is 70.8 Å². The number of carbonyl (C=O) groups is 2. The number of hydrogen-bond donors (Lipinski definition) is 1. The van der Waals surface area contributed by atoms with Crippen molar-refractivity contribution in [3.05, 3.63) is 0 Å². The summed E-state index contributed by atoms with van der Waals surface area (Å²) in [5.74, 6) is 2.98. The molecule has 1 heterocycles. The minimum Gasteiger partial charge on any atom is -0.350 e. The zero-order chi connectivity index (χ0) is 16.9. The molecule has 5 aliphatic rings. The molecule has 1 aliphatic heterocycles. The van der Waals surface area contributed by atoms with Crippen LogP contribution in [0.2, 0.25) is 0 Å². The van der Waals surface area contributed by atoms with Gasteiger partial charge in [-0.05, 0) is 69.1 Å². The van der Waals surface area contributed by atoms with Crippen LogP contribution in [0.15, 0.2) is 0 Å². The van der Waals surface area contributed by atoms with Crippen molar-refractivity contribution in [1.82, 2.24) is 10.2 Å². The molecule has 0 aromatic carbocycles. The highest BCUT2D eigenvalue weighted by Gasteiger charge is 2.52. The van der Waals surface area contributed by atoms with Crippen LogP contribution in [0.1, 0.15) is 65.2 Å². The number of amides is 2. The van der Waals surface area contributed by atoms with Gasteiger partial charge >= 0.3 is 0 Å². The van der Waals surface area contributed by atoms with Crippen LogP contribution in [0.4, 0.5) is 0 Å². The molecule has 2 amide bonds. The predicted octanol–water partition coefficient (Wildman–Crippen LogP) is 2.97. The molecule has 24 heavy (non-hydrogen) atoms. The highest BCUT2D eigenvalue weighted by atomic mass is 16.2. The Kier molecular flexibility index (Phi) is 4.12. The van der Waals surface area contributed by atoms with Crippen molar-refractivity contribution >= 4 is 11.8 Å². The van der Waals surface area contributed by atoms with Gasteiger partial charge in [0.2, 0.25) is 11.8 Å². The molecule has 4 heteroatoms. The first-order valence-corrected chi connectivity index (χ1v) is 10.0. The molecule has 4 bridgehead atoms. The van der Waals surface area contributed by atoms with Gasteiger partial charge in [0.1, 0.15) is 0 Å². The minimum absolute atomic E-state index is 0.00513. The first-order chi connectivity index (χ1) is 11.4. The van der Waals surface area contributed by atoms with Crippen LogP contribution < -0.4 is 5.32 Å². The quantitative estimate of drug-likeness (QED) is 0.864. The molecule has 0 radical (unpaired) electrons. The van der Waals surface area contributed by atoms with Crippen molar-refractivity contribution in [3.8, 4) is 0 Å². The molecule has 4 nitrogen and oxygen atoms in total. The fourth-order valence-corrected chi connectivity index (χ4v) is 6.38. The van der Waals surface area contributed by atoms with E-state index in [1.807, 2.05) is 18.7 Å². The van der Waals surface area contributed by atoms with Gasteiger partial charge in [-0.3, -0.25) is 9.59 Å². The number of carbonyl (C=O) groups excluding carboxylic acids is 2. The van der Waals surface area contributed by atoms with Crippen molar-refractivity contribution in [3.63, 3.8) is 0 Å². The average molecular weight is 332 g/mol. The summed E-state index contributed by atoms with van der Waals surface area (Å²) in [6.07, 6.45) is 9.68. The number of rotatable bonds is 3. The van der Waals surface area contributed by atoms with Crippen molar-refractivity contribution < 1.29 is 9.59 Å². The lowest BCUT2D eigenvalue weighted by Gasteiger charge is -2.57. The van der Waals surface area contributed by atoms with E-state index in [0.717, 1.165) is 37.1 Å². The SMILES string of the molecule is CC(C)C(=O)N1CCCC(C(=O)NC23CC4CC(CC(C4)C2)C3)C1. The maximum absolute atomic E-state index is 13.0. The maximum atomic E-state index is 13.0. The molecule has 4 saturated carbocycles. The Hall–Kier alpha value is -1.06. The molecule has 1 unspecified atom stereocenters. The van der Waals surface area contributed by atoms with E-state index in [0.29, 0.717) is 6.54 Å². The monoisotopic (exact) mass is 332 g/mol. The van der Waals surface area contributed by atoms with E-state index in [1.54, 1.807) is 0 Å². The second-order valence-corrected chi connectivity index (χ2v) is 9.47. The Morgan fingerprint density at radius 1 is 1.04 bits per heavy atom. The highest BCUT2D eigenvalue weighted by molar-refractivity contribution is 5.82. The predicted molar refractivity (Wildman–Crippen MR) is 93.2 cm³/mol. The van der Waals surface area contributed by atoms with Gasteiger partial charge in [-0.15, -0.1) is 0 Å². The van der Waals surface area contributed by atoms with E-state index >= 15 is 0 Å². The summed E-state index contributed by atoms with van der Waals surface area (Å²) in [5.41, 5.74) is 0.0934. The van der Waals surface area contributed by atoms with E-state index in [1.165, 1.54) is 38.5 Å². The van der Waals surface area contributed by atoms with Crippen LogP contribution in [0.5, 0.6) is 0 Å². The third-order valence-corrected chi connectivity index (χ3v) is 7.02. The molecule has 5 rings (SSSR count). The van der Waals surface area contributed by atoms with Gasteiger partial charge < -0.3 is 10.2 Å². The summed E-state index contributed by atoms with van der Waals surface area (Å²) < 4.78 is 0. The number of likely N-dealkylation sites (tertiary alicyclic amines) is 1. The second-order valence-electron chi connectivity index (χ2n) is 9.47. The Morgan fingerprint density at radius 2 is 1.62 bits per heavy atom. The maximum Gasteiger partial charge on any atom is 0.225 e. The first kappa shape index (κ1) is 16.4. The first-order valence-electron chi connectivity index (χ1n) is 10.0. The molecule has 1 atom stereocenters. The van der Waals surface area contributed by atoms with Gasteiger partial charge in [0.05, 0.1) is 5.92 Å². The molecular weight excluding hydrogens is 300 g/mol. The molecule has 0 aromatic heterocycles. The third kappa shape index (κ3) is 2.97. The van der Waals surface area contributed by atoms with E-state index in [4.69, 9.17) is 0 Å². The van der Waals surface area contributed by atoms with Crippen LogP contribution in [-0.2, 0) is 9.59 Å². The fraction of sp³-hybridized carbons (Fsp3) is 0.900. The van der Waals surface area contributed by atoms with Gasteiger partial charge in [0.15, 0.2) is 0 Å². The minimum atomic E-state index is -0.00513. The van der Waals surface area contributed by atoms with Gasteiger partial charge in [-0.25, -0.2) is 0 Å². The number of nitrogens with one attached hydrogen (secondary N) is 1. The Balaban J connectivity index is 1.40. The molecule has 0 aromatic rings. The molecule has 4 aliphatic carbocycles. The highest BCUT2D eigenvalue weighted by Crippen LogP contribution is 2.55. The normalized spacial score (nSPS) is 40.9. The van der Waals surface area contributed by atoms with Crippen LogP contribution in [0.3, 0.4) is 0 Å². The second kappa shape index (κ2) is 6.03. The number of piperidine rings is 1. The molecular formula is C20H32N2O2. The summed E-state index contributed by atoms with van der Waals surface area (Å²) in [6, 6.07) is 0. The summed E-state index contributed by atoms with van der Waals surface area (Å²) in [7, 11) is 0. The van der Waals surface area contributed by atoms with Crippen LogP contribution in [-0.4, -0.2) is 35.3 Å². The summed E-state index contributed by atoms with van der Waals surface area (Å²) in [6.45, 7) is 5.33. The number of hydrogen-bond acceptors (Lipinski definition) is 2. The third-order valence-electron chi connectivity index (χ3n) is 7.02. The van der Waals surface area contributed by atoms with Crippen molar-refractivity contribution in [1.29, 1.82) is 0 Å². The smallest absolute Gasteiger partial charge is 0.225 e. The van der Waals surface area contributed by atoms with Crippen LogP contribution in [0, 0.1) is 29.6 Å². The Labute approximate surface area is 145 Å². The summed E-state index contributed by atoms with van der Waals surface area (Å²) >= 11 is 0. The van der Waals surface area contributed by atoms with E-state index < -0.39 is 0 Å². The lowest BCUT2D eigenvalue weighted by atomic mass is 9.53. The van der Waals surface area contributed by atoms with E-state index in [9.17, 15) is 9.59 Å². The summed E-state index contributed by atoms with van der Waals surface area (Å²) in [4.78, 5) is 27.2. The molecule has 1 saturated heterocycles. The van der Waals surface area contributed by atoms with Crippen LogP contribution in [0.25, 0.3) is 0 Å². The molecule has 134 valence electrons. The van der Waals surface area contributed by atoms with Crippen molar-refractivity contribution in [2.75, 3.05) is 13.1 Å². The van der Waals surface area contributed by atoms with Crippen LogP contribution >= 0.6 is 0 Å². The van der Waals surface area contributed by atoms with Gasteiger partial charge in [0, 0.05) is 24.5 Å². The Morgan fingerprint density at radius 3 is 2.17 bits per heavy atom. The van der Waals surface area contributed by atoms with E-state index in [-0.39, 0.29) is 29.2 Å². The van der Waals surface area contributed by atoms with E-state index in [2.05, 4.69) is 5.32 Å². The van der Waals surface area contributed by atoms with Gasteiger partial charge in [0.25, 0.3) is 0 Å². The largest absolute Gasteiger partial charge is 0.350 e. The standard InChI is InChI=1S/C20H32N2O2/c1-13(2)19(24)22-5-3-4-17(12-22)18(23)21-20-9-14-6-15(10-20)8-16(7-14)11-20/h13-17H,3-12H2,1-2H3,(H,21,23). The topological polar surface area (TPSA) is 49.4 Å². The van der Waals surface area contributed by atoms with Crippen molar-refractivity contribution in [2.24, 2.45) is 29.6 Å². The fourth-order valence-electron chi connectivity index (χ4n) is 6.38. The Bertz CT molecular complexity index is 492. The average Bonchev–Trinajstić information content (AvgIpc) is 2.52. The lowest BCUT2D eigenvalue weighted by Crippen LogP contribution is -2.61. The molecule has 0 spiro atoms. The zero-order valence-electron chi connectivity index (χ0n) is 15.2. The van der Waals surface area contributed by atoms with Gasteiger partial charge in [-0.2, -0.15) is 0 Å². The lowest BCUT2D eigenvalue weighted by molar-refractivity contribution is -0.139.